The highest BCUT2D eigenvalue weighted by Crippen LogP contribution is 2.22. The van der Waals surface area contributed by atoms with Gasteiger partial charge in [0.25, 0.3) is 0 Å². The normalized spacial score (nSPS) is 15.7. The summed E-state index contributed by atoms with van der Waals surface area (Å²) in [7, 11) is 4.15. The van der Waals surface area contributed by atoms with Gasteiger partial charge in [-0.25, -0.2) is 29.9 Å². The van der Waals surface area contributed by atoms with Gasteiger partial charge in [-0.3, -0.25) is 0 Å². The van der Waals surface area contributed by atoms with E-state index in [0.29, 0.717) is 24.0 Å². The molecule has 0 amide bonds. The third kappa shape index (κ3) is 9.94. The SMILES string of the molecule is Cn1c(NC2CCN(CCNc3ncccn3)CC2)nc2ccccc21.Cn1c(NC2CCN(CCNc3ncccn3)CC2)nc2ccccc21.O. The molecule has 2 fully saturated rings. The van der Waals surface area contributed by atoms with E-state index in [1.54, 1.807) is 24.8 Å². The van der Waals surface area contributed by atoms with Crippen LogP contribution in [0, 0.1) is 0 Å². The van der Waals surface area contributed by atoms with E-state index in [1.165, 1.54) is 11.0 Å². The Bertz CT molecular complexity index is 1830. The minimum absolute atomic E-state index is 0. The lowest BCUT2D eigenvalue weighted by atomic mass is 10.1. The largest absolute Gasteiger partial charge is 0.412 e. The van der Waals surface area contributed by atoms with Gasteiger partial charge < -0.3 is 45.7 Å². The van der Waals surface area contributed by atoms with Gasteiger partial charge >= 0.3 is 0 Å². The monoisotopic (exact) mass is 720 g/mol. The van der Waals surface area contributed by atoms with Crippen LogP contribution in [0.2, 0.25) is 0 Å². The predicted octanol–water partition coefficient (Wildman–Crippen LogP) is 3.88. The number of hydrogen-bond donors (Lipinski definition) is 4. The molecular formula is C38H52N14O. The number of likely N-dealkylation sites (tertiary alicyclic amines) is 2. The first-order valence-electron chi connectivity index (χ1n) is 18.4. The van der Waals surface area contributed by atoms with Gasteiger partial charge in [0.15, 0.2) is 0 Å². The number of imidazole rings is 2. The van der Waals surface area contributed by atoms with E-state index in [0.717, 1.165) is 101 Å². The fraction of sp³-hybridized carbons (Fsp3) is 0.421. The minimum Gasteiger partial charge on any atom is -0.412 e. The number of rotatable bonds is 12. The number of anilines is 4. The number of piperidine rings is 2. The van der Waals surface area contributed by atoms with Crippen molar-refractivity contribution in [3.8, 4) is 0 Å². The summed E-state index contributed by atoms with van der Waals surface area (Å²) in [4.78, 5) is 31.2. The van der Waals surface area contributed by atoms with Gasteiger partial charge in [-0.2, -0.15) is 0 Å². The van der Waals surface area contributed by atoms with Gasteiger partial charge in [0, 0.05) is 103 Å². The number of benzene rings is 2. The molecule has 0 unspecified atom stereocenters. The Morgan fingerprint density at radius 2 is 0.925 bits per heavy atom. The molecular weight excluding hydrogens is 669 g/mol. The van der Waals surface area contributed by atoms with E-state index in [2.05, 4.69) is 111 Å². The lowest BCUT2D eigenvalue weighted by Crippen LogP contribution is -2.41. The minimum atomic E-state index is 0. The van der Waals surface area contributed by atoms with Crippen molar-refractivity contribution in [1.82, 2.24) is 48.8 Å². The summed E-state index contributed by atoms with van der Waals surface area (Å²) in [5.74, 6) is 3.33. The molecule has 2 saturated heterocycles. The number of para-hydroxylation sites is 4. The Labute approximate surface area is 310 Å². The summed E-state index contributed by atoms with van der Waals surface area (Å²) in [6, 6.07) is 21.1. The van der Waals surface area contributed by atoms with Crippen molar-refractivity contribution < 1.29 is 5.48 Å². The number of nitrogens with one attached hydrogen (secondary N) is 4. The van der Waals surface area contributed by atoms with Crippen LogP contribution in [0.15, 0.2) is 85.5 Å². The lowest BCUT2D eigenvalue weighted by Gasteiger charge is -2.32. The molecule has 15 heteroatoms. The highest BCUT2D eigenvalue weighted by molar-refractivity contribution is 5.79. The van der Waals surface area contributed by atoms with Crippen LogP contribution in [0.5, 0.6) is 0 Å². The van der Waals surface area contributed by atoms with E-state index in [4.69, 9.17) is 9.97 Å². The first-order chi connectivity index (χ1) is 25.6. The van der Waals surface area contributed by atoms with Crippen LogP contribution in [0.1, 0.15) is 25.7 Å². The number of fused-ring (bicyclic) bond motifs is 2. The van der Waals surface area contributed by atoms with Crippen LogP contribution in [-0.2, 0) is 14.1 Å². The zero-order valence-corrected chi connectivity index (χ0v) is 30.7. The maximum absolute atomic E-state index is 4.72. The van der Waals surface area contributed by atoms with Crippen LogP contribution < -0.4 is 21.3 Å². The summed E-state index contributed by atoms with van der Waals surface area (Å²) in [6.07, 6.45) is 11.5. The molecule has 2 aliphatic rings. The summed E-state index contributed by atoms with van der Waals surface area (Å²) < 4.78 is 4.29. The Kier molecular flexibility index (Phi) is 13.0. The maximum Gasteiger partial charge on any atom is 0.222 e. The van der Waals surface area contributed by atoms with Gasteiger partial charge in [-0.05, 0) is 62.1 Å². The van der Waals surface area contributed by atoms with Crippen molar-refractivity contribution in [3.05, 3.63) is 85.5 Å². The first kappa shape index (κ1) is 37.4. The van der Waals surface area contributed by atoms with Gasteiger partial charge in [-0.15, -0.1) is 0 Å². The van der Waals surface area contributed by atoms with E-state index < -0.39 is 0 Å². The maximum atomic E-state index is 4.72. The Morgan fingerprint density at radius 1 is 0.547 bits per heavy atom. The van der Waals surface area contributed by atoms with Crippen LogP contribution in [0.3, 0.4) is 0 Å². The second-order valence-electron chi connectivity index (χ2n) is 13.5. The quantitative estimate of drug-likeness (QED) is 0.144. The van der Waals surface area contributed by atoms with Crippen molar-refractivity contribution in [2.24, 2.45) is 14.1 Å². The van der Waals surface area contributed by atoms with Crippen molar-refractivity contribution in [1.29, 1.82) is 0 Å². The van der Waals surface area contributed by atoms with Crippen LogP contribution in [0.25, 0.3) is 22.1 Å². The molecule has 15 nitrogen and oxygen atoms in total. The molecule has 0 radical (unpaired) electrons. The zero-order valence-electron chi connectivity index (χ0n) is 30.7. The van der Waals surface area contributed by atoms with Crippen LogP contribution in [-0.4, -0.2) is 119 Å². The van der Waals surface area contributed by atoms with Gasteiger partial charge in [0.2, 0.25) is 23.8 Å². The highest BCUT2D eigenvalue weighted by Gasteiger charge is 2.22. The number of nitrogens with zero attached hydrogens (tertiary/aromatic N) is 10. The predicted molar refractivity (Wildman–Crippen MR) is 212 cm³/mol. The van der Waals surface area contributed by atoms with Crippen molar-refractivity contribution in [3.63, 3.8) is 0 Å². The number of aryl methyl sites for hydroxylation is 2. The molecule has 0 spiro atoms. The van der Waals surface area contributed by atoms with Crippen LogP contribution >= 0.6 is 0 Å². The topological polar surface area (TPSA) is 173 Å². The van der Waals surface area contributed by atoms with Crippen molar-refractivity contribution in [2.75, 3.05) is 73.6 Å². The number of aromatic nitrogens is 8. The second kappa shape index (κ2) is 18.4. The van der Waals surface area contributed by atoms with Gasteiger partial charge in [0.05, 0.1) is 22.1 Å². The third-order valence-corrected chi connectivity index (χ3v) is 9.97. The fourth-order valence-corrected chi connectivity index (χ4v) is 6.95. The summed E-state index contributed by atoms with van der Waals surface area (Å²) >= 11 is 0. The lowest BCUT2D eigenvalue weighted by molar-refractivity contribution is 0.226. The van der Waals surface area contributed by atoms with Gasteiger partial charge in [-0.1, -0.05) is 24.3 Å². The summed E-state index contributed by atoms with van der Waals surface area (Å²) in [6.45, 7) is 8.14. The molecule has 2 aromatic carbocycles. The Hall–Kier alpha value is -5.38. The molecule has 0 aliphatic carbocycles. The molecule has 0 atom stereocenters. The summed E-state index contributed by atoms with van der Waals surface area (Å²) in [5, 5.41) is 13.8. The second-order valence-corrected chi connectivity index (χ2v) is 13.5. The zero-order chi connectivity index (χ0) is 35.5. The van der Waals surface area contributed by atoms with E-state index in [9.17, 15) is 0 Å². The standard InChI is InChI=1S/2C19H25N7.H2O/c2*1-25-17-6-3-2-5-16(17)24-19(25)23-15-7-12-26(13-8-15)14-11-22-18-20-9-4-10-21-18;/h2*2-6,9-10,15H,7-8,11-14H2,1H3,(H,23,24)(H,20,21,22);1H2. The van der Waals surface area contributed by atoms with Gasteiger partial charge in [0.1, 0.15) is 0 Å². The molecule has 4 aromatic heterocycles. The van der Waals surface area contributed by atoms with Crippen molar-refractivity contribution in [2.45, 2.75) is 37.8 Å². The Morgan fingerprint density at radius 3 is 1.30 bits per heavy atom. The first-order valence-corrected chi connectivity index (χ1v) is 18.4. The Balaban J connectivity index is 0.000000178. The molecule has 280 valence electrons. The highest BCUT2D eigenvalue weighted by atomic mass is 16.0. The molecule has 6 aromatic rings. The van der Waals surface area contributed by atoms with Crippen LogP contribution in [0.4, 0.5) is 23.8 Å². The van der Waals surface area contributed by atoms with E-state index in [-0.39, 0.29) is 5.48 Å². The summed E-state index contributed by atoms with van der Waals surface area (Å²) in [5.41, 5.74) is 4.43. The fourth-order valence-electron chi connectivity index (χ4n) is 6.95. The molecule has 2 aliphatic heterocycles. The average Bonchev–Trinajstić information content (AvgIpc) is 3.68. The third-order valence-electron chi connectivity index (χ3n) is 9.97. The van der Waals surface area contributed by atoms with Crippen molar-refractivity contribution >= 4 is 45.9 Å². The van der Waals surface area contributed by atoms with E-state index in [1.807, 2.05) is 24.3 Å². The van der Waals surface area contributed by atoms with E-state index >= 15 is 0 Å². The molecule has 0 saturated carbocycles. The molecule has 8 rings (SSSR count). The smallest absolute Gasteiger partial charge is 0.222 e. The number of hydrogen-bond acceptors (Lipinski definition) is 12. The molecule has 53 heavy (non-hydrogen) atoms. The average molecular weight is 721 g/mol. The molecule has 6 N–H and O–H groups in total. The molecule has 0 bridgehead atoms. The molecule has 6 heterocycles.